The van der Waals surface area contributed by atoms with Crippen LogP contribution >= 0.6 is 0 Å². The zero-order valence-corrected chi connectivity index (χ0v) is 16.6. The maximum absolute atomic E-state index is 12.8. The zero-order valence-electron chi connectivity index (χ0n) is 16.6. The lowest BCUT2D eigenvalue weighted by Gasteiger charge is -2.40. The highest BCUT2D eigenvalue weighted by atomic mass is 16.5. The molecule has 3 rings (SSSR count). The first-order valence-electron chi connectivity index (χ1n) is 9.82. The lowest BCUT2D eigenvalue weighted by atomic mass is 10.1. The van der Waals surface area contributed by atoms with E-state index in [1.807, 2.05) is 49.1 Å². The number of nitrogens with zero attached hydrogens (tertiary/aromatic N) is 2. The number of ether oxygens (including phenoxy) is 1. The lowest BCUT2D eigenvalue weighted by Crippen LogP contribution is -2.54. The van der Waals surface area contributed by atoms with E-state index in [9.17, 15) is 4.79 Å². The standard InChI is InChI=1S/C23H30N2O2/c1-18(2)27-22-11-7-10-21(14-22)15-23(26)25-13-12-24(16-19(25)3)17-20-8-5-4-6-9-20/h4-11,14,18-19H,12-13,15-17H2,1-3H3. The fourth-order valence-electron chi connectivity index (χ4n) is 3.67. The SMILES string of the molecule is CC(C)Oc1cccc(CC(=O)N2CCN(Cc3ccccc3)CC2C)c1. The molecule has 0 aliphatic carbocycles. The molecule has 4 heteroatoms. The topological polar surface area (TPSA) is 32.8 Å². The summed E-state index contributed by atoms with van der Waals surface area (Å²) in [4.78, 5) is 17.3. The summed E-state index contributed by atoms with van der Waals surface area (Å²) in [6.45, 7) is 9.73. The van der Waals surface area contributed by atoms with E-state index in [4.69, 9.17) is 4.74 Å². The van der Waals surface area contributed by atoms with Gasteiger partial charge in [0.1, 0.15) is 5.75 Å². The van der Waals surface area contributed by atoms with Crippen molar-refractivity contribution in [3.63, 3.8) is 0 Å². The summed E-state index contributed by atoms with van der Waals surface area (Å²) in [5.74, 6) is 1.03. The molecule has 0 saturated carbocycles. The molecule has 1 amide bonds. The van der Waals surface area contributed by atoms with E-state index in [0.717, 1.165) is 37.5 Å². The van der Waals surface area contributed by atoms with Crippen LogP contribution < -0.4 is 4.74 Å². The molecule has 27 heavy (non-hydrogen) atoms. The van der Waals surface area contributed by atoms with E-state index in [1.54, 1.807) is 0 Å². The minimum absolute atomic E-state index is 0.133. The van der Waals surface area contributed by atoms with E-state index in [2.05, 4.69) is 36.1 Å². The van der Waals surface area contributed by atoms with E-state index >= 15 is 0 Å². The van der Waals surface area contributed by atoms with Crippen molar-refractivity contribution in [2.75, 3.05) is 19.6 Å². The molecule has 2 aromatic rings. The Bertz CT molecular complexity index is 745. The van der Waals surface area contributed by atoms with Gasteiger partial charge in [0, 0.05) is 32.2 Å². The fraction of sp³-hybridized carbons (Fsp3) is 0.435. The molecule has 0 N–H and O–H groups in total. The van der Waals surface area contributed by atoms with E-state index in [1.165, 1.54) is 5.56 Å². The van der Waals surface area contributed by atoms with Gasteiger partial charge in [-0.25, -0.2) is 0 Å². The Morgan fingerprint density at radius 3 is 2.52 bits per heavy atom. The van der Waals surface area contributed by atoms with Crippen molar-refractivity contribution in [2.24, 2.45) is 0 Å². The van der Waals surface area contributed by atoms with Crippen molar-refractivity contribution in [2.45, 2.75) is 45.9 Å². The number of carbonyl (C=O) groups is 1. The third-order valence-electron chi connectivity index (χ3n) is 4.91. The molecule has 1 saturated heterocycles. The Labute approximate surface area is 162 Å². The van der Waals surface area contributed by atoms with Crippen molar-refractivity contribution < 1.29 is 9.53 Å². The number of piperazine rings is 1. The van der Waals surface area contributed by atoms with Crippen molar-refractivity contribution in [1.82, 2.24) is 9.80 Å². The van der Waals surface area contributed by atoms with Gasteiger partial charge < -0.3 is 9.64 Å². The highest BCUT2D eigenvalue weighted by Gasteiger charge is 2.27. The summed E-state index contributed by atoms with van der Waals surface area (Å²) >= 11 is 0. The van der Waals surface area contributed by atoms with Crippen LogP contribution in [0.1, 0.15) is 31.9 Å². The maximum Gasteiger partial charge on any atom is 0.227 e. The molecule has 1 aliphatic heterocycles. The normalized spacial score (nSPS) is 17.9. The Morgan fingerprint density at radius 1 is 1.07 bits per heavy atom. The molecule has 0 bridgehead atoms. The molecule has 1 unspecified atom stereocenters. The molecule has 0 radical (unpaired) electrons. The Morgan fingerprint density at radius 2 is 1.81 bits per heavy atom. The maximum atomic E-state index is 12.8. The summed E-state index contributed by atoms with van der Waals surface area (Å²) in [6, 6.07) is 18.6. The van der Waals surface area contributed by atoms with Gasteiger partial charge in [-0.3, -0.25) is 9.69 Å². The van der Waals surface area contributed by atoms with Gasteiger partial charge in [-0.1, -0.05) is 42.5 Å². The summed E-state index contributed by atoms with van der Waals surface area (Å²) in [5.41, 5.74) is 2.34. The molecule has 2 aromatic carbocycles. The summed E-state index contributed by atoms with van der Waals surface area (Å²) < 4.78 is 5.74. The quantitative estimate of drug-likeness (QED) is 0.781. The van der Waals surface area contributed by atoms with Crippen LogP contribution in [0.15, 0.2) is 54.6 Å². The molecule has 1 aliphatic rings. The van der Waals surface area contributed by atoms with Crippen molar-refractivity contribution in [3.8, 4) is 5.75 Å². The van der Waals surface area contributed by atoms with Crippen LogP contribution in [-0.2, 0) is 17.8 Å². The van der Waals surface area contributed by atoms with Crippen LogP contribution in [0, 0.1) is 0 Å². The second kappa shape index (κ2) is 9.05. The van der Waals surface area contributed by atoms with Gasteiger partial charge in [-0.05, 0) is 44.0 Å². The van der Waals surface area contributed by atoms with E-state index in [-0.39, 0.29) is 18.1 Å². The van der Waals surface area contributed by atoms with Gasteiger partial charge in [-0.15, -0.1) is 0 Å². The number of hydrogen-bond donors (Lipinski definition) is 0. The summed E-state index contributed by atoms with van der Waals surface area (Å²) in [6.07, 6.45) is 0.562. The summed E-state index contributed by atoms with van der Waals surface area (Å²) in [7, 11) is 0. The molecular formula is C23H30N2O2. The second-order valence-electron chi connectivity index (χ2n) is 7.65. The van der Waals surface area contributed by atoms with Gasteiger partial charge in [0.2, 0.25) is 5.91 Å². The van der Waals surface area contributed by atoms with Crippen LogP contribution in [0.4, 0.5) is 0 Å². The van der Waals surface area contributed by atoms with Gasteiger partial charge in [-0.2, -0.15) is 0 Å². The minimum atomic E-state index is 0.133. The Kier molecular flexibility index (Phi) is 6.51. The molecule has 4 nitrogen and oxygen atoms in total. The minimum Gasteiger partial charge on any atom is -0.491 e. The van der Waals surface area contributed by atoms with Gasteiger partial charge >= 0.3 is 0 Å². The lowest BCUT2D eigenvalue weighted by molar-refractivity contribution is -0.135. The molecule has 0 spiro atoms. The monoisotopic (exact) mass is 366 g/mol. The largest absolute Gasteiger partial charge is 0.491 e. The van der Waals surface area contributed by atoms with Crippen LogP contribution in [0.3, 0.4) is 0 Å². The first-order valence-corrected chi connectivity index (χ1v) is 9.82. The molecule has 0 aromatic heterocycles. The molecule has 144 valence electrons. The van der Waals surface area contributed by atoms with Gasteiger partial charge in [0.05, 0.1) is 12.5 Å². The zero-order chi connectivity index (χ0) is 19.2. The Balaban J connectivity index is 1.55. The van der Waals surface area contributed by atoms with Crippen LogP contribution in [0.2, 0.25) is 0 Å². The third kappa shape index (κ3) is 5.57. The highest BCUT2D eigenvalue weighted by Crippen LogP contribution is 2.18. The highest BCUT2D eigenvalue weighted by molar-refractivity contribution is 5.79. The second-order valence-corrected chi connectivity index (χ2v) is 7.65. The molecule has 1 atom stereocenters. The third-order valence-corrected chi connectivity index (χ3v) is 4.91. The van der Waals surface area contributed by atoms with Crippen LogP contribution in [0.25, 0.3) is 0 Å². The number of amides is 1. The van der Waals surface area contributed by atoms with Crippen molar-refractivity contribution >= 4 is 5.91 Å². The van der Waals surface area contributed by atoms with Crippen LogP contribution in [-0.4, -0.2) is 47.5 Å². The smallest absolute Gasteiger partial charge is 0.227 e. The van der Waals surface area contributed by atoms with Crippen molar-refractivity contribution in [3.05, 3.63) is 65.7 Å². The molecular weight excluding hydrogens is 336 g/mol. The Hall–Kier alpha value is -2.33. The van der Waals surface area contributed by atoms with Crippen molar-refractivity contribution in [1.29, 1.82) is 0 Å². The number of hydrogen-bond acceptors (Lipinski definition) is 3. The average molecular weight is 367 g/mol. The number of benzene rings is 2. The average Bonchev–Trinajstić information content (AvgIpc) is 2.62. The first kappa shape index (κ1) is 19.4. The number of rotatable bonds is 6. The predicted octanol–water partition coefficient (Wildman–Crippen LogP) is 3.75. The predicted molar refractivity (Wildman–Crippen MR) is 109 cm³/mol. The van der Waals surface area contributed by atoms with Gasteiger partial charge in [0.15, 0.2) is 0 Å². The summed E-state index contributed by atoms with van der Waals surface area (Å²) in [5, 5.41) is 0. The first-order chi connectivity index (χ1) is 13.0. The van der Waals surface area contributed by atoms with E-state index in [0.29, 0.717) is 6.42 Å². The number of carbonyl (C=O) groups excluding carboxylic acids is 1. The van der Waals surface area contributed by atoms with Gasteiger partial charge in [0.25, 0.3) is 0 Å². The molecule has 1 heterocycles. The van der Waals surface area contributed by atoms with Crippen LogP contribution in [0.5, 0.6) is 5.75 Å². The van der Waals surface area contributed by atoms with E-state index < -0.39 is 0 Å². The fourth-order valence-corrected chi connectivity index (χ4v) is 3.67. The molecule has 1 fully saturated rings.